The molecule has 2 unspecified atom stereocenters. The number of hydrogen-bond donors (Lipinski definition) is 1. The Labute approximate surface area is 125 Å². The quantitative estimate of drug-likeness (QED) is 0.806. The molecule has 0 radical (unpaired) electrons. The van der Waals surface area contributed by atoms with E-state index in [9.17, 15) is 4.39 Å². The Bertz CT molecular complexity index is 454. The van der Waals surface area contributed by atoms with Gasteiger partial charge in [-0.15, -0.1) is 0 Å². The maximum Gasteiger partial charge on any atom is 0.144 e. The minimum atomic E-state index is -0.289. The lowest BCUT2D eigenvalue weighted by molar-refractivity contribution is 0.0627. The average Bonchev–Trinajstić information content (AvgIpc) is 2.77. The minimum absolute atomic E-state index is 0.0410. The van der Waals surface area contributed by atoms with E-state index in [1.54, 1.807) is 6.07 Å². The van der Waals surface area contributed by atoms with Crippen molar-refractivity contribution in [1.29, 1.82) is 0 Å². The molecule has 1 heterocycles. The normalized spacial score (nSPS) is 26.1. The predicted octanol–water partition coefficient (Wildman–Crippen LogP) is 3.82. The standard InChI is InChI=1S/C16H23ClFNO/c1-3-8-19-11-16(7-9-20-12(16)2)10-13-5-4-6-14(17)15(13)18/h4-6,12,19H,3,7-11H2,1-2H3. The van der Waals surface area contributed by atoms with Gasteiger partial charge in [0, 0.05) is 18.6 Å². The van der Waals surface area contributed by atoms with E-state index >= 15 is 0 Å². The van der Waals surface area contributed by atoms with E-state index in [-0.39, 0.29) is 22.4 Å². The van der Waals surface area contributed by atoms with Gasteiger partial charge in [-0.3, -0.25) is 0 Å². The maximum atomic E-state index is 14.1. The first-order chi connectivity index (χ1) is 9.59. The fraction of sp³-hybridized carbons (Fsp3) is 0.625. The van der Waals surface area contributed by atoms with E-state index in [2.05, 4.69) is 19.2 Å². The monoisotopic (exact) mass is 299 g/mol. The molecule has 20 heavy (non-hydrogen) atoms. The molecular formula is C16H23ClFNO. The molecule has 0 spiro atoms. The smallest absolute Gasteiger partial charge is 0.144 e. The third-order valence-corrected chi connectivity index (χ3v) is 4.60. The van der Waals surface area contributed by atoms with Gasteiger partial charge in [-0.25, -0.2) is 4.39 Å². The summed E-state index contributed by atoms with van der Waals surface area (Å²) in [7, 11) is 0. The number of rotatable bonds is 6. The fourth-order valence-electron chi connectivity index (χ4n) is 2.92. The van der Waals surface area contributed by atoms with Crippen molar-refractivity contribution >= 4 is 11.6 Å². The molecule has 1 N–H and O–H groups in total. The Morgan fingerprint density at radius 3 is 2.95 bits per heavy atom. The molecule has 1 saturated heterocycles. The van der Waals surface area contributed by atoms with Crippen LogP contribution in [0.4, 0.5) is 4.39 Å². The Balaban J connectivity index is 2.17. The molecule has 0 bridgehead atoms. The molecule has 0 aromatic heterocycles. The van der Waals surface area contributed by atoms with Gasteiger partial charge in [-0.2, -0.15) is 0 Å². The van der Waals surface area contributed by atoms with Crippen molar-refractivity contribution in [3.63, 3.8) is 0 Å². The zero-order chi connectivity index (χ0) is 14.6. The maximum absolute atomic E-state index is 14.1. The SMILES string of the molecule is CCCNCC1(Cc2cccc(Cl)c2F)CCOC1C. The second-order valence-corrected chi connectivity index (χ2v) is 6.10. The molecule has 2 rings (SSSR count). The second-order valence-electron chi connectivity index (χ2n) is 5.69. The molecule has 112 valence electrons. The van der Waals surface area contributed by atoms with Gasteiger partial charge in [0.2, 0.25) is 0 Å². The van der Waals surface area contributed by atoms with Crippen LogP contribution in [0.5, 0.6) is 0 Å². The Morgan fingerprint density at radius 2 is 2.30 bits per heavy atom. The van der Waals surface area contributed by atoms with Crippen molar-refractivity contribution in [1.82, 2.24) is 5.32 Å². The number of nitrogens with one attached hydrogen (secondary N) is 1. The Morgan fingerprint density at radius 1 is 1.50 bits per heavy atom. The highest BCUT2D eigenvalue weighted by atomic mass is 35.5. The largest absolute Gasteiger partial charge is 0.378 e. The van der Waals surface area contributed by atoms with Gasteiger partial charge in [-0.05, 0) is 44.4 Å². The summed E-state index contributed by atoms with van der Waals surface area (Å²) in [5.41, 5.74) is 0.647. The highest BCUT2D eigenvalue weighted by Crippen LogP contribution is 2.38. The number of ether oxygens (including phenoxy) is 1. The van der Waals surface area contributed by atoms with Gasteiger partial charge < -0.3 is 10.1 Å². The molecule has 1 fully saturated rings. The van der Waals surface area contributed by atoms with Crippen LogP contribution in [0.2, 0.25) is 5.02 Å². The second kappa shape index (κ2) is 6.88. The van der Waals surface area contributed by atoms with Crippen LogP contribution < -0.4 is 5.32 Å². The number of benzene rings is 1. The summed E-state index contributed by atoms with van der Waals surface area (Å²) in [6.07, 6.45) is 2.84. The van der Waals surface area contributed by atoms with Crippen molar-refractivity contribution in [2.45, 2.75) is 39.2 Å². The van der Waals surface area contributed by atoms with Crippen LogP contribution in [0.3, 0.4) is 0 Å². The van der Waals surface area contributed by atoms with Crippen molar-refractivity contribution in [3.8, 4) is 0 Å². The number of halogens is 2. The molecule has 2 atom stereocenters. The first kappa shape index (κ1) is 15.7. The molecule has 0 aliphatic carbocycles. The van der Waals surface area contributed by atoms with Crippen molar-refractivity contribution < 1.29 is 9.13 Å². The molecule has 1 aromatic carbocycles. The summed E-state index contributed by atoms with van der Waals surface area (Å²) in [5.74, 6) is -0.289. The van der Waals surface area contributed by atoms with E-state index in [0.29, 0.717) is 12.0 Å². The number of hydrogen-bond acceptors (Lipinski definition) is 2. The van der Waals surface area contributed by atoms with E-state index in [0.717, 1.165) is 32.5 Å². The van der Waals surface area contributed by atoms with Crippen LogP contribution in [0.25, 0.3) is 0 Å². The molecule has 0 amide bonds. The van der Waals surface area contributed by atoms with Gasteiger partial charge in [0.15, 0.2) is 0 Å². The first-order valence-corrected chi connectivity index (χ1v) is 7.72. The van der Waals surface area contributed by atoms with E-state index in [4.69, 9.17) is 16.3 Å². The summed E-state index contributed by atoms with van der Waals surface area (Å²) in [5, 5.41) is 3.67. The van der Waals surface area contributed by atoms with Crippen LogP contribution in [-0.4, -0.2) is 25.8 Å². The lowest BCUT2D eigenvalue weighted by atomic mass is 9.76. The van der Waals surface area contributed by atoms with Gasteiger partial charge >= 0.3 is 0 Å². The van der Waals surface area contributed by atoms with Gasteiger partial charge in [0.1, 0.15) is 5.82 Å². The highest BCUT2D eigenvalue weighted by molar-refractivity contribution is 6.30. The molecular weight excluding hydrogens is 277 g/mol. The lowest BCUT2D eigenvalue weighted by Gasteiger charge is -2.33. The average molecular weight is 300 g/mol. The van der Waals surface area contributed by atoms with Crippen molar-refractivity contribution in [2.24, 2.45) is 5.41 Å². The van der Waals surface area contributed by atoms with E-state index < -0.39 is 0 Å². The Kier molecular flexibility index (Phi) is 5.42. The highest BCUT2D eigenvalue weighted by Gasteiger charge is 2.41. The van der Waals surface area contributed by atoms with E-state index in [1.807, 2.05) is 12.1 Å². The van der Waals surface area contributed by atoms with Crippen molar-refractivity contribution in [2.75, 3.05) is 19.7 Å². The van der Waals surface area contributed by atoms with Crippen LogP contribution in [0, 0.1) is 11.2 Å². The summed E-state index contributed by atoms with van der Waals surface area (Å²) in [4.78, 5) is 0. The zero-order valence-corrected chi connectivity index (χ0v) is 13.0. The molecule has 4 heteroatoms. The van der Waals surface area contributed by atoms with Crippen LogP contribution in [0.1, 0.15) is 32.3 Å². The molecule has 0 saturated carbocycles. The zero-order valence-electron chi connectivity index (χ0n) is 12.2. The van der Waals surface area contributed by atoms with Gasteiger partial charge in [0.25, 0.3) is 0 Å². The summed E-state index contributed by atoms with van der Waals surface area (Å²) < 4.78 is 19.9. The third-order valence-electron chi connectivity index (χ3n) is 4.31. The van der Waals surface area contributed by atoms with Crippen LogP contribution >= 0.6 is 11.6 Å². The molecule has 1 aliphatic heterocycles. The minimum Gasteiger partial charge on any atom is -0.378 e. The molecule has 1 aromatic rings. The summed E-state index contributed by atoms with van der Waals surface area (Å²) in [6.45, 7) is 6.81. The first-order valence-electron chi connectivity index (χ1n) is 7.34. The topological polar surface area (TPSA) is 21.3 Å². The molecule has 1 aliphatic rings. The third kappa shape index (κ3) is 3.33. The van der Waals surface area contributed by atoms with E-state index in [1.165, 1.54) is 0 Å². The van der Waals surface area contributed by atoms with Gasteiger partial charge in [-0.1, -0.05) is 30.7 Å². The summed E-state index contributed by atoms with van der Waals surface area (Å²) in [6, 6.07) is 5.24. The molecule has 2 nitrogen and oxygen atoms in total. The lowest BCUT2D eigenvalue weighted by Crippen LogP contribution is -2.41. The van der Waals surface area contributed by atoms with Crippen LogP contribution in [-0.2, 0) is 11.2 Å². The summed E-state index contributed by atoms with van der Waals surface area (Å²) >= 11 is 5.89. The van der Waals surface area contributed by atoms with Gasteiger partial charge in [0.05, 0.1) is 11.1 Å². The van der Waals surface area contributed by atoms with Crippen LogP contribution in [0.15, 0.2) is 18.2 Å². The van der Waals surface area contributed by atoms with Crippen molar-refractivity contribution in [3.05, 3.63) is 34.6 Å². The fourth-order valence-corrected chi connectivity index (χ4v) is 3.12. The Hall–Kier alpha value is -0.640. The predicted molar refractivity (Wildman–Crippen MR) is 80.7 cm³/mol.